The van der Waals surface area contributed by atoms with Crippen molar-refractivity contribution in [2.45, 2.75) is 0 Å². The van der Waals surface area contributed by atoms with Crippen LogP contribution in [-0.4, -0.2) is 16.2 Å². The van der Waals surface area contributed by atoms with Crippen molar-refractivity contribution in [3.05, 3.63) is 82.6 Å². The Morgan fingerprint density at radius 1 is 0.913 bits per heavy atom. The van der Waals surface area contributed by atoms with Crippen LogP contribution in [0.15, 0.2) is 54.6 Å². The maximum atomic E-state index is 13.4. The Labute approximate surface area is 129 Å². The molecule has 0 aromatic heterocycles. The normalized spacial score (nSPS) is 13.7. The molecule has 3 nitrogen and oxygen atoms in total. The molecule has 23 heavy (non-hydrogen) atoms. The predicted octanol–water partition coefficient (Wildman–Crippen LogP) is 3.95. The summed E-state index contributed by atoms with van der Waals surface area (Å²) in [6.45, 7) is 0. The summed E-state index contributed by atoms with van der Waals surface area (Å²) < 4.78 is 27.0. The van der Waals surface area contributed by atoms with Gasteiger partial charge in [0.15, 0.2) is 11.6 Å². The van der Waals surface area contributed by atoms with Crippen molar-refractivity contribution in [3.63, 3.8) is 0 Å². The summed E-state index contributed by atoms with van der Waals surface area (Å²) >= 11 is 0. The number of ketones is 1. The van der Waals surface area contributed by atoms with Crippen LogP contribution in [0.25, 0.3) is 10.8 Å². The first-order valence-electron chi connectivity index (χ1n) is 6.94. The highest BCUT2D eigenvalue weighted by Gasteiger charge is 2.38. The van der Waals surface area contributed by atoms with Crippen molar-refractivity contribution in [2.75, 3.05) is 0 Å². The maximum absolute atomic E-state index is 13.4. The van der Waals surface area contributed by atoms with E-state index in [4.69, 9.17) is 0 Å². The Morgan fingerprint density at radius 3 is 2.48 bits per heavy atom. The lowest BCUT2D eigenvalue weighted by Gasteiger charge is -2.03. The Balaban J connectivity index is 1.97. The van der Waals surface area contributed by atoms with E-state index in [9.17, 15) is 18.8 Å². The van der Waals surface area contributed by atoms with Gasteiger partial charge in [0, 0.05) is 6.07 Å². The Morgan fingerprint density at radius 2 is 1.70 bits per heavy atom. The quantitative estimate of drug-likeness (QED) is 0.504. The largest absolute Gasteiger partial charge is 0.618 e. The van der Waals surface area contributed by atoms with E-state index in [2.05, 4.69) is 0 Å². The standard InChI is InChI=1S/C18H9F2NO2/c19-13-7-5-11(9-14(13)20)17-18(22)16-12-4-2-1-3-10(12)6-8-15(16)21(17)23/h1-9H. The Hall–Kier alpha value is -3.08. The molecule has 1 aliphatic heterocycles. The molecule has 1 heterocycles. The van der Waals surface area contributed by atoms with Crippen molar-refractivity contribution in [1.82, 2.24) is 0 Å². The van der Waals surface area contributed by atoms with Crippen LogP contribution in [0.2, 0.25) is 0 Å². The van der Waals surface area contributed by atoms with Crippen LogP contribution < -0.4 is 0 Å². The van der Waals surface area contributed by atoms with Crippen molar-refractivity contribution >= 4 is 28.0 Å². The fraction of sp³-hybridized carbons (Fsp3) is 0. The van der Waals surface area contributed by atoms with Crippen LogP contribution in [0.3, 0.4) is 0 Å². The highest BCUT2D eigenvalue weighted by atomic mass is 19.2. The van der Waals surface area contributed by atoms with Crippen molar-refractivity contribution < 1.29 is 18.3 Å². The second kappa shape index (κ2) is 4.71. The summed E-state index contributed by atoms with van der Waals surface area (Å²) in [7, 11) is 0. The van der Waals surface area contributed by atoms with Gasteiger partial charge in [-0.3, -0.25) is 4.79 Å². The number of halogens is 2. The van der Waals surface area contributed by atoms with Gasteiger partial charge in [0.2, 0.25) is 5.69 Å². The SMILES string of the molecule is O=C1C(c2ccc(F)c(F)c2)=[N+]([O-])c2ccc3ccccc3c21. The molecule has 5 heteroatoms. The lowest BCUT2D eigenvalue weighted by atomic mass is 9.97. The molecule has 0 amide bonds. The molecule has 3 aromatic carbocycles. The number of carbonyl (C=O) groups is 1. The monoisotopic (exact) mass is 309 g/mol. The Bertz CT molecular complexity index is 1020. The maximum Gasteiger partial charge on any atom is 0.273 e. The summed E-state index contributed by atoms with van der Waals surface area (Å²) in [5.74, 6) is -2.62. The molecule has 1 aliphatic rings. The molecule has 3 aromatic rings. The molecule has 0 unspecified atom stereocenters. The number of nitrogens with zero attached hydrogens (tertiary/aromatic N) is 1. The van der Waals surface area contributed by atoms with Gasteiger partial charge < -0.3 is 5.21 Å². The number of Topliss-reactive ketones (excluding diaryl/α,β-unsaturated/α-hetero) is 1. The van der Waals surface area contributed by atoms with E-state index in [0.29, 0.717) is 10.1 Å². The van der Waals surface area contributed by atoms with Crippen LogP contribution in [0.5, 0.6) is 0 Å². The van der Waals surface area contributed by atoms with Crippen molar-refractivity contribution in [2.24, 2.45) is 0 Å². The summed E-state index contributed by atoms with van der Waals surface area (Å²) in [4.78, 5) is 12.7. The van der Waals surface area contributed by atoms with Crippen LogP contribution in [-0.2, 0) is 0 Å². The van der Waals surface area contributed by atoms with Gasteiger partial charge in [-0.05, 0) is 35.0 Å². The van der Waals surface area contributed by atoms with Crippen LogP contribution in [0, 0.1) is 16.8 Å². The molecule has 0 fully saturated rings. The van der Waals surface area contributed by atoms with Gasteiger partial charge in [0.25, 0.3) is 11.5 Å². The number of carbonyl (C=O) groups excluding carboxylic acids is 1. The van der Waals surface area contributed by atoms with Crippen molar-refractivity contribution in [1.29, 1.82) is 0 Å². The van der Waals surface area contributed by atoms with Gasteiger partial charge in [0.05, 0.1) is 5.56 Å². The molecule has 0 saturated carbocycles. The molecule has 0 bridgehead atoms. The van der Waals surface area contributed by atoms with Gasteiger partial charge in [-0.1, -0.05) is 24.3 Å². The number of benzene rings is 3. The molecular weight excluding hydrogens is 300 g/mol. The van der Waals surface area contributed by atoms with Crippen LogP contribution in [0.1, 0.15) is 15.9 Å². The lowest BCUT2D eigenvalue weighted by molar-refractivity contribution is -0.355. The minimum Gasteiger partial charge on any atom is -0.618 e. The molecule has 4 rings (SSSR count). The number of fused-ring (bicyclic) bond motifs is 3. The molecule has 112 valence electrons. The third-order valence-electron chi connectivity index (χ3n) is 3.96. The summed E-state index contributed by atoms with van der Waals surface area (Å²) in [5.41, 5.74) is 0.366. The van der Waals surface area contributed by atoms with E-state index in [-0.39, 0.29) is 22.5 Å². The summed E-state index contributed by atoms with van der Waals surface area (Å²) in [5, 5.41) is 14.0. The highest BCUT2D eigenvalue weighted by molar-refractivity contribution is 6.53. The molecule has 0 saturated heterocycles. The second-order valence-electron chi connectivity index (χ2n) is 5.28. The van der Waals surface area contributed by atoms with Gasteiger partial charge in [-0.25, -0.2) is 8.78 Å². The number of hydrogen-bond acceptors (Lipinski definition) is 2. The zero-order valence-corrected chi connectivity index (χ0v) is 11.7. The van der Waals surface area contributed by atoms with E-state index in [1.54, 1.807) is 24.3 Å². The molecule has 0 aliphatic carbocycles. The molecule has 0 spiro atoms. The zero-order chi connectivity index (χ0) is 16.1. The van der Waals surface area contributed by atoms with E-state index >= 15 is 0 Å². The van der Waals surface area contributed by atoms with E-state index in [0.717, 1.165) is 17.5 Å². The van der Waals surface area contributed by atoms with E-state index < -0.39 is 17.4 Å². The smallest absolute Gasteiger partial charge is 0.273 e. The topological polar surface area (TPSA) is 43.1 Å². The fourth-order valence-corrected chi connectivity index (χ4v) is 2.89. The van der Waals surface area contributed by atoms with E-state index in [1.165, 1.54) is 6.07 Å². The zero-order valence-electron chi connectivity index (χ0n) is 11.7. The first-order chi connectivity index (χ1) is 11.1. The highest BCUT2D eigenvalue weighted by Crippen LogP contribution is 2.34. The predicted molar refractivity (Wildman–Crippen MR) is 82.0 cm³/mol. The minimum absolute atomic E-state index is 0.0594. The minimum atomic E-state index is -1.10. The van der Waals surface area contributed by atoms with Gasteiger partial charge in [-0.15, -0.1) is 0 Å². The Kier molecular flexibility index (Phi) is 2.78. The third-order valence-corrected chi connectivity index (χ3v) is 3.96. The van der Waals surface area contributed by atoms with Crippen LogP contribution in [0.4, 0.5) is 14.5 Å². The first kappa shape index (κ1) is 13.6. The summed E-state index contributed by atoms with van der Waals surface area (Å²) in [6, 6.07) is 13.5. The molecule has 0 atom stereocenters. The average Bonchev–Trinajstić information content (AvgIpc) is 2.82. The first-order valence-corrected chi connectivity index (χ1v) is 6.94. The molecule has 0 N–H and O–H groups in total. The number of rotatable bonds is 1. The number of hydrogen-bond donors (Lipinski definition) is 0. The molecular formula is C18H9F2NO2. The average molecular weight is 309 g/mol. The lowest BCUT2D eigenvalue weighted by Crippen LogP contribution is -2.17. The van der Waals surface area contributed by atoms with Gasteiger partial charge in [0.1, 0.15) is 5.56 Å². The summed E-state index contributed by atoms with van der Waals surface area (Å²) in [6.07, 6.45) is 0. The molecule has 0 radical (unpaired) electrons. The van der Waals surface area contributed by atoms with Gasteiger partial charge >= 0.3 is 0 Å². The van der Waals surface area contributed by atoms with Crippen molar-refractivity contribution in [3.8, 4) is 0 Å². The fourth-order valence-electron chi connectivity index (χ4n) is 2.89. The van der Waals surface area contributed by atoms with E-state index in [1.807, 2.05) is 12.1 Å². The van der Waals surface area contributed by atoms with Gasteiger partial charge in [-0.2, -0.15) is 4.74 Å². The second-order valence-corrected chi connectivity index (χ2v) is 5.28. The third kappa shape index (κ3) is 1.86. The van der Waals surface area contributed by atoms with Crippen LogP contribution >= 0.6 is 0 Å².